The van der Waals surface area contributed by atoms with Crippen molar-refractivity contribution >= 4 is 27.5 Å². The van der Waals surface area contributed by atoms with E-state index in [0.29, 0.717) is 11.4 Å². The summed E-state index contributed by atoms with van der Waals surface area (Å²) in [6, 6.07) is 5.13. The van der Waals surface area contributed by atoms with Crippen LogP contribution in [0.5, 0.6) is 0 Å². The van der Waals surface area contributed by atoms with E-state index < -0.39 is 0 Å². The van der Waals surface area contributed by atoms with Gasteiger partial charge in [0.25, 0.3) is 0 Å². The number of hydrogen-bond donors (Lipinski definition) is 0. The number of pyridine rings is 1. The van der Waals surface area contributed by atoms with Gasteiger partial charge in [0, 0.05) is 12.3 Å². The van der Waals surface area contributed by atoms with E-state index in [9.17, 15) is 0 Å². The van der Waals surface area contributed by atoms with Crippen molar-refractivity contribution in [1.82, 2.24) is 14.8 Å². The van der Waals surface area contributed by atoms with Crippen molar-refractivity contribution in [3.8, 4) is 11.9 Å². The Labute approximate surface area is 99.2 Å². The molecule has 0 bridgehead atoms. The molecule has 74 valence electrons. The van der Waals surface area contributed by atoms with Crippen LogP contribution in [0.4, 0.5) is 0 Å². The average Bonchev–Trinajstić information content (AvgIpc) is 2.64. The third-order valence-corrected chi connectivity index (χ3v) is 2.30. The van der Waals surface area contributed by atoms with Gasteiger partial charge in [0.2, 0.25) is 0 Å². The quantitative estimate of drug-likeness (QED) is 0.756. The predicted molar refractivity (Wildman–Crippen MR) is 58.8 cm³/mol. The summed E-state index contributed by atoms with van der Waals surface area (Å²) in [7, 11) is 0. The molecule has 15 heavy (non-hydrogen) atoms. The number of nitrogens with zero attached hydrogens (tertiary/aromatic N) is 4. The van der Waals surface area contributed by atoms with Crippen molar-refractivity contribution in [3.63, 3.8) is 0 Å². The van der Waals surface area contributed by atoms with Gasteiger partial charge >= 0.3 is 0 Å². The van der Waals surface area contributed by atoms with E-state index in [1.54, 1.807) is 18.5 Å². The number of nitriles is 1. The van der Waals surface area contributed by atoms with Gasteiger partial charge < -0.3 is 0 Å². The Morgan fingerprint density at radius 2 is 2.27 bits per heavy atom. The summed E-state index contributed by atoms with van der Waals surface area (Å²) in [6.45, 7) is 0. The standard InChI is InChI=1S/C9H4BrClN4/c10-7-4-13-15(5-7)9-2-6(3-12)1-8(11)14-9/h1-2,4-5H. The van der Waals surface area contributed by atoms with Gasteiger partial charge in [0.05, 0.1) is 22.3 Å². The number of halogens is 2. The van der Waals surface area contributed by atoms with Gasteiger partial charge in [-0.05, 0) is 22.0 Å². The first kappa shape index (κ1) is 10.1. The Kier molecular flexibility index (Phi) is 2.71. The van der Waals surface area contributed by atoms with Crippen molar-refractivity contribution < 1.29 is 0 Å². The zero-order valence-electron chi connectivity index (χ0n) is 7.35. The van der Waals surface area contributed by atoms with Crippen molar-refractivity contribution in [3.05, 3.63) is 39.7 Å². The molecule has 0 aliphatic carbocycles. The molecule has 0 radical (unpaired) electrons. The topological polar surface area (TPSA) is 54.5 Å². The van der Waals surface area contributed by atoms with Crippen LogP contribution >= 0.6 is 27.5 Å². The SMILES string of the molecule is N#Cc1cc(Cl)nc(-n2cc(Br)cn2)c1. The fourth-order valence-electron chi connectivity index (χ4n) is 1.09. The van der Waals surface area contributed by atoms with E-state index in [4.69, 9.17) is 16.9 Å². The lowest BCUT2D eigenvalue weighted by molar-refractivity contribution is 0.846. The maximum Gasteiger partial charge on any atom is 0.156 e. The van der Waals surface area contributed by atoms with Crippen LogP contribution in [0, 0.1) is 11.3 Å². The molecule has 2 aromatic heterocycles. The van der Waals surface area contributed by atoms with Crippen LogP contribution in [0.1, 0.15) is 5.56 Å². The summed E-state index contributed by atoms with van der Waals surface area (Å²) in [4.78, 5) is 4.06. The zero-order valence-corrected chi connectivity index (χ0v) is 9.70. The van der Waals surface area contributed by atoms with Crippen LogP contribution in [-0.4, -0.2) is 14.8 Å². The van der Waals surface area contributed by atoms with Crippen LogP contribution in [0.15, 0.2) is 29.0 Å². The second-order valence-electron chi connectivity index (χ2n) is 2.75. The minimum Gasteiger partial charge on any atom is -0.221 e. The van der Waals surface area contributed by atoms with Crippen molar-refractivity contribution in [2.45, 2.75) is 0 Å². The summed E-state index contributed by atoms with van der Waals surface area (Å²) < 4.78 is 2.37. The molecule has 2 rings (SSSR count). The highest BCUT2D eigenvalue weighted by Crippen LogP contribution is 2.15. The Morgan fingerprint density at radius 1 is 1.47 bits per heavy atom. The largest absolute Gasteiger partial charge is 0.221 e. The molecule has 0 saturated carbocycles. The second kappa shape index (κ2) is 4.01. The van der Waals surface area contributed by atoms with E-state index in [1.165, 1.54) is 10.7 Å². The minimum atomic E-state index is 0.274. The molecule has 0 saturated heterocycles. The minimum absolute atomic E-state index is 0.274. The van der Waals surface area contributed by atoms with Gasteiger partial charge in [-0.2, -0.15) is 10.4 Å². The number of rotatable bonds is 1. The van der Waals surface area contributed by atoms with Crippen LogP contribution in [-0.2, 0) is 0 Å². The Bertz CT molecular complexity index is 543. The summed E-state index contributed by atoms with van der Waals surface area (Å²) >= 11 is 9.04. The summed E-state index contributed by atoms with van der Waals surface area (Å²) in [5, 5.41) is 13.1. The van der Waals surface area contributed by atoms with Gasteiger partial charge in [0.1, 0.15) is 5.15 Å². The summed E-state index contributed by atoms with van der Waals surface area (Å²) in [5.41, 5.74) is 0.455. The molecule has 0 unspecified atom stereocenters. The first-order valence-corrected chi connectivity index (χ1v) is 5.14. The molecule has 2 aromatic rings. The van der Waals surface area contributed by atoms with Gasteiger partial charge in [-0.15, -0.1) is 0 Å². The molecule has 6 heteroatoms. The van der Waals surface area contributed by atoms with E-state index in [1.807, 2.05) is 6.07 Å². The first-order chi connectivity index (χ1) is 7.19. The van der Waals surface area contributed by atoms with E-state index >= 15 is 0 Å². The lowest BCUT2D eigenvalue weighted by atomic mass is 10.3. The zero-order chi connectivity index (χ0) is 10.8. The lowest BCUT2D eigenvalue weighted by Crippen LogP contribution is -1.98. The normalized spacial score (nSPS) is 9.93. The van der Waals surface area contributed by atoms with Crippen LogP contribution < -0.4 is 0 Å². The molecule has 2 heterocycles. The second-order valence-corrected chi connectivity index (χ2v) is 4.05. The molecular weight excluding hydrogens is 279 g/mol. The van der Waals surface area contributed by atoms with Crippen LogP contribution in [0.3, 0.4) is 0 Å². The molecule has 0 aliphatic rings. The molecule has 0 N–H and O–H groups in total. The summed E-state index contributed by atoms with van der Waals surface area (Å²) in [5.74, 6) is 0.518. The first-order valence-electron chi connectivity index (χ1n) is 3.97. The molecule has 0 aromatic carbocycles. The maximum absolute atomic E-state index is 8.76. The lowest BCUT2D eigenvalue weighted by Gasteiger charge is -2.00. The van der Waals surface area contributed by atoms with Gasteiger partial charge in [-0.25, -0.2) is 9.67 Å². The highest BCUT2D eigenvalue weighted by atomic mass is 79.9. The summed E-state index contributed by atoms with van der Waals surface area (Å²) in [6.07, 6.45) is 3.37. The smallest absolute Gasteiger partial charge is 0.156 e. The molecule has 0 spiro atoms. The van der Waals surface area contributed by atoms with E-state index in [-0.39, 0.29) is 5.15 Å². The number of aromatic nitrogens is 3. The van der Waals surface area contributed by atoms with Crippen molar-refractivity contribution in [1.29, 1.82) is 5.26 Å². The van der Waals surface area contributed by atoms with Crippen LogP contribution in [0.25, 0.3) is 5.82 Å². The molecule has 0 amide bonds. The van der Waals surface area contributed by atoms with Gasteiger partial charge in [0.15, 0.2) is 5.82 Å². The van der Waals surface area contributed by atoms with Crippen molar-refractivity contribution in [2.24, 2.45) is 0 Å². The van der Waals surface area contributed by atoms with Crippen molar-refractivity contribution in [2.75, 3.05) is 0 Å². The predicted octanol–water partition coefficient (Wildman–Crippen LogP) is 2.55. The highest BCUT2D eigenvalue weighted by molar-refractivity contribution is 9.10. The van der Waals surface area contributed by atoms with Gasteiger partial charge in [-0.1, -0.05) is 11.6 Å². The third kappa shape index (κ3) is 2.17. The fraction of sp³-hybridized carbons (Fsp3) is 0. The van der Waals surface area contributed by atoms with E-state index in [0.717, 1.165) is 4.47 Å². The molecule has 0 aliphatic heterocycles. The monoisotopic (exact) mass is 282 g/mol. The Balaban J connectivity index is 2.54. The maximum atomic E-state index is 8.76. The third-order valence-electron chi connectivity index (χ3n) is 1.70. The van der Waals surface area contributed by atoms with E-state index in [2.05, 4.69) is 26.0 Å². The Hall–Kier alpha value is -1.38. The molecule has 0 fully saturated rings. The molecule has 0 atom stereocenters. The van der Waals surface area contributed by atoms with Crippen LogP contribution in [0.2, 0.25) is 5.15 Å². The highest BCUT2D eigenvalue weighted by Gasteiger charge is 2.04. The molecule has 4 nitrogen and oxygen atoms in total. The Morgan fingerprint density at radius 3 is 2.87 bits per heavy atom. The van der Waals surface area contributed by atoms with Gasteiger partial charge in [-0.3, -0.25) is 0 Å². The number of hydrogen-bond acceptors (Lipinski definition) is 3. The average molecular weight is 284 g/mol. The fourth-order valence-corrected chi connectivity index (χ4v) is 1.58. The molecular formula is C9H4BrClN4.